The van der Waals surface area contributed by atoms with Gasteiger partial charge in [0.25, 0.3) is 0 Å². The highest BCUT2D eigenvalue weighted by Crippen LogP contribution is 2.24. The monoisotopic (exact) mass is 368 g/mol. The van der Waals surface area contributed by atoms with Crippen LogP contribution in [0.1, 0.15) is 6.92 Å². The minimum atomic E-state index is -0.507. The van der Waals surface area contributed by atoms with Gasteiger partial charge in [-0.1, -0.05) is 47.1 Å². The van der Waals surface area contributed by atoms with E-state index < -0.39 is 5.97 Å². The molecule has 0 aliphatic rings. The second kappa shape index (κ2) is 8.82. The van der Waals surface area contributed by atoms with Crippen molar-refractivity contribution in [1.82, 2.24) is 0 Å². The number of nitrogens with zero attached hydrogens (tertiary/aromatic N) is 1. The summed E-state index contributed by atoms with van der Waals surface area (Å²) in [5.41, 5.74) is 3.40. The molecule has 0 fully saturated rings. The zero-order valence-corrected chi connectivity index (χ0v) is 14.6. The fourth-order valence-corrected chi connectivity index (χ4v) is 2.61. The van der Waals surface area contributed by atoms with Crippen molar-refractivity contribution in [1.29, 1.82) is 0 Å². The van der Waals surface area contributed by atoms with Crippen LogP contribution in [-0.4, -0.2) is 17.6 Å². The van der Waals surface area contributed by atoms with Gasteiger partial charge < -0.3 is 4.74 Å². The number of benzene rings is 2. The van der Waals surface area contributed by atoms with E-state index in [0.29, 0.717) is 15.7 Å². The largest absolute Gasteiger partial charge is 0.461 e. The van der Waals surface area contributed by atoms with Crippen molar-refractivity contribution in [3.8, 4) is 0 Å². The zero-order chi connectivity index (χ0) is 16.7. The van der Waals surface area contributed by atoms with Crippen molar-refractivity contribution in [2.45, 2.75) is 11.8 Å². The molecule has 0 amide bonds. The zero-order valence-electron chi connectivity index (χ0n) is 12.3. The fraction of sp³-hybridized carbons (Fsp3) is 0.125. The number of rotatable bonds is 4. The molecule has 2 aromatic rings. The summed E-state index contributed by atoms with van der Waals surface area (Å²) in [6.07, 6.45) is 0. The summed E-state index contributed by atoms with van der Waals surface area (Å²) in [6.45, 7) is 2.01. The molecule has 0 atom stereocenters. The van der Waals surface area contributed by atoms with Crippen LogP contribution < -0.4 is 5.43 Å². The first kappa shape index (κ1) is 17.7. The van der Waals surface area contributed by atoms with Crippen LogP contribution in [0.15, 0.2) is 58.5 Å². The highest BCUT2D eigenvalue weighted by atomic mass is 35.5. The number of para-hydroxylation sites is 1. The highest BCUT2D eigenvalue weighted by molar-refractivity contribution is 8.15. The molecule has 0 spiro atoms. The predicted octanol–water partition coefficient (Wildman–Crippen LogP) is 5.07. The van der Waals surface area contributed by atoms with Gasteiger partial charge >= 0.3 is 5.97 Å². The van der Waals surface area contributed by atoms with Gasteiger partial charge in [-0.2, -0.15) is 5.10 Å². The number of halogens is 2. The number of thioether (sulfide) groups is 1. The van der Waals surface area contributed by atoms with Gasteiger partial charge in [0, 0.05) is 9.92 Å². The number of nitrogens with one attached hydrogen (secondary N) is 1. The van der Waals surface area contributed by atoms with Crippen LogP contribution in [0, 0.1) is 0 Å². The van der Waals surface area contributed by atoms with Gasteiger partial charge in [-0.05, 0) is 43.3 Å². The van der Waals surface area contributed by atoms with Crippen molar-refractivity contribution < 1.29 is 9.53 Å². The third-order valence-electron chi connectivity index (χ3n) is 2.63. The van der Waals surface area contributed by atoms with Crippen LogP contribution in [0.2, 0.25) is 10.0 Å². The van der Waals surface area contributed by atoms with Crippen molar-refractivity contribution in [2.24, 2.45) is 5.10 Å². The second-order valence-corrected chi connectivity index (χ2v) is 6.19. The topological polar surface area (TPSA) is 50.7 Å². The minimum absolute atomic E-state index is 0.175. The standard InChI is InChI=1S/C16H14Cl2N2O2S/c1-2-22-16(21)15(23-12-9-7-11(17)8-10-12)20-19-14-6-4-3-5-13(14)18/h3-10,19H,2H2,1H3/b20-15-. The van der Waals surface area contributed by atoms with Gasteiger partial charge in [-0.15, -0.1) is 0 Å². The normalized spacial score (nSPS) is 11.2. The molecule has 0 aromatic heterocycles. The number of carbonyl (C=O) groups is 1. The van der Waals surface area contributed by atoms with E-state index in [0.717, 1.165) is 4.90 Å². The Morgan fingerprint density at radius 1 is 1.17 bits per heavy atom. The summed E-state index contributed by atoms with van der Waals surface area (Å²) in [5, 5.41) is 5.44. The van der Waals surface area contributed by atoms with E-state index in [4.69, 9.17) is 27.9 Å². The van der Waals surface area contributed by atoms with Crippen LogP contribution in [0.5, 0.6) is 0 Å². The van der Waals surface area contributed by atoms with E-state index in [1.807, 2.05) is 12.1 Å². The quantitative estimate of drug-likeness (QED) is 0.269. The molecule has 0 radical (unpaired) electrons. The average molecular weight is 369 g/mol. The van der Waals surface area contributed by atoms with E-state index in [2.05, 4.69) is 10.5 Å². The third kappa shape index (κ3) is 5.46. The molecule has 0 saturated heterocycles. The van der Waals surface area contributed by atoms with Gasteiger partial charge in [0.05, 0.1) is 17.3 Å². The highest BCUT2D eigenvalue weighted by Gasteiger charge is 2.15. The Bertz CT molecular complexity index is 705. The Balaban J connectivity index is 2.19. The molecule has 0 saturated carbocycles. The Labute approximate surface area is 148 Å². The molecule has 2 aromatic carbocycles. The maximum Gasteiger partial charge on any atom is 0.365 e. The van der Waals surface area contributed by atoms with Crippen molar-refractivity contribution >= 4 is 51.7 Å². The first-order chi connectivity index (χ1) is 11.1. The van der Waals surface area contributed by atoms with Crippen molar-refractivity contribution in [3.05, 3.63) is 58.6 Å². The molecule has 23 heavy (non-hydrogen) atoms. The summed E-state index contributed by atoms with van der Waals surface area (Å²) in [4.78, 5) is 12.9. The lowest BCUT2D eigenvalue weighted by molar-refractivity contribution is -0.134. The summed E-state index contributed by atoms with van der Waals surface area (Å²) in [7, 11) is 0. The SMILES string of the molecule is CCOC(=O)/C(=N/Nc1ccccc1Cl)Sc1ccc(Cl)cc1. The van der Waals surface area contributed by atoms with E-state index in [1.54, 1.807) is 43.3 Å². The minimum Gasteiger partial charge on any atom is -0.461 e. The first-order valence-corrected chi connectivity index (χ1v) is 8.36. The molecule has 1 N–H and O–H groups in total. The lowest BCUT2D eigenvalue weighted by Gasteiger charge is -2.08. The number of ether oxygens (including phenoxy) is 1. The molecule has 0 unspecified atom stereocenters. The van der Waals surface area contributed by atoms with Crippen molar-refractivity contribution in [2.75, 3.05) is 12.0 Å². The molecule has 0 aliphatic heterocycles. The molecule has 0 heterocycles. The van der Waals surface area contributed by atoms with Crippen LogP contribution in [-0.2, 0) is 9.53 Å². The van der Waals surface area contributed by atoms with E-state index in [9.17, 15) is 4.79 Å². The summed E-state index contributed by atoms with van der Waals surface area (Å²) in [5.74, 6) is -0.507. The molecule has 7 heteroatoms. The number of esters is 1. The van der Waals surface area contributed by atoms with Crippen molar-refractivity contribution in [3.63, 3.8) is 0 Å². The van der Waals surface area contributed by atoms with E-state index in [-0.39, 0.29) is 11.7 Å². The number of hydrogen-bond donors (Lipinski definition) is 1. The summed E-state index contributed by atoms with van der Waals surface area (Å²) < 4.78 is 5.03. The Morgan fingerprint density at radius 3 is 2.52 bits per heavy atom. The summed E-state index contributed by atoms with van der Waals surface area (Å²) in [6, 6.07) is 14.2. The van der Waals surface area contributed by atoms with Gasteiger partial charge in [0.15, 0.2) is 0 Å². The molecule has 0 bridgehead atoms. The molecular formula is C16H14Cl2N2O2S. The lowest BCUT2D eigenvalue weighted by Crippen LogP contribution is -2.16. The van der Waals surface area contributed by atoms with Gasteiger partial charge in [0.1, 0.15) is 0 Å². The molecule has 0 aliphatic carbocycles. The third-order valence-corrected chi connectivity index (χ3v) is 4.17. The Hall–Kier alpha value is -1.69. The predicted molar refractivity (Wildman–Crippen MR) is 96.5 cm³/mol. The van der Waals surface area contributed by atoms with Crippen LogP contribution in [0.4, 0.5) is 5.69 Å². The van der Waals surface area contributed by atoms with E-state index in [1.165, 1.54) is 11.8 Å². The fourth-order valence-electron chi connectivity index (χ4n) is 1.58. The molecule has 120 valence electrons. The first-order valence-electron chi connectivity index (χ1n) is 6.79. The Kier molecular flexibility index (Phi) is 6.77. The van der Waals surface area contributed by atoms with Crippen LogP contribution in [0.25, 0.3) is 0 Å². The number of hydrazone groups is 1. The number of anilines is 1. The number of hydrogen-bond acceptors (Lipinski definition) is 5. The molecule has 2 rings (SSSR count). The summed E-state index contributed by atoms with van der Waals surface area (Å²) >= 11 is 13.1. The molecular weight excluding hydrogens is 355 g/mol. The average Bonchev–Trinajstić information content (AvgIpc) is 2.55. The maximum absolute atomic E-state index is 12.0. The van der Waals surface area contributed by atoms with Gasteiger partial charge in [0.2, 0.25) is 5.04 Å². The molecule has 4 nitrogen and oxygen atoms in total. The van der Waals surface area contributed by atoms with Crippen LogP contribution >= 0.6 is 35.0 Å². The van der Waals surface area contributed by atoms with Crippen LogP contribution in [0.3, 0.4) is 0 Å². The van der Waals surface area contributed by atoms with Gasteiger partial charge in [-0.25, -0.2) is 4.79 Å². The smallest absolute Gasteiger partial charge is 0.365 e. The maximum atomic E-state index is 12.0. The van der Waals surface area contributed by atoms with E-state index >= 15 is 0 Å². The van der Waals surface area contributed by atoms with Gasteiger partial charge in [-0.3, -0.25) is 5.43 Å². The lowest BCUT2D eigenvalue weighted by atomic mass is 10.3. The Morgan fingerprint density at radius 2 is 1.87 bits per heavy atom. The second-order valence-electron chi connectivity index (χ2n) is 4.29. The number of carbonyl (C=O) groups excluding carboxylic acids is 1.